The van der Waals surface area contributed by atoms with Gasteiger partial charge >= 0.3 is 0 Å². The fourth-order valence-electron chi connectivity index (χ4n) is 4.13. The van der Waals surface area contributed by atoms with Crippen LogP contribution < -0.4 is 10.5 Å². The maximum absolute atomic E-state index is 6.22. The lowest BCUT2D eigenvalue weighted by atomic mass is 9.70. The zero-order valence-electron chi connectivity index (χ0n) is 12.4. The van der Waals surface area contributed by atoms with Gasteiger partial charge in [0.1, 0.15) is 6.10 Å². The van der Waals surface area contributed by atoms with Crippen LogP contribution in [0.4, 0.5) is 0 Å². The zero-order valence-corrected chi connectivity index (χ0v) is 13.2. The highest BCUT2D eigenvalue weighted by atomic mass is 35.5. The van der Waals surface area contributed by atoms with Crippen molar-refractivity contribution in [3.05, 3.63) is 22.8 Å². The molecule has 3 atom stereocenters. The second kappa shape index (κ2) is 4.60. The van der Waals surface area contributed by atoms with E-state index < -0.39 is 0 Å². The Kier molecular flexibility index (Phi) is 3.26. The molecule has 0 aliphatic heterocycles. The van der Waals surface area contributed by atoms with Crippen molar-refractivity contribution >= 4 is 11.6 Å². The highest BCUT2D eigenvalue weighted by Gasteiger charge is 2.62. The van der Waals surface area contributed by atoms with Crippen molar-refractivity contribution in [3.63, 3.8) is 0 Å². The van der Waals surface area contributed by atoms with Gasteiger partial charge in [-0.25, -0.2) is 4.98 Å². The van der Waals surface area contributed by atoms with Gasteiger partial charge in [-0.2, -0.15) is 0 Å². The molecular formula is C16H23ClN2O. The number of ether oxygens (including phenoxy) is 1. The third-order valence-corrected chi connectivity index (χ3v) is 6.45. The van der Waals surface area contributed by atoms with E-state index in [1.165, 1.54) is 12.8 Å². The smallest absolute Gasteiger partial charge is 0.213 e. The third kappa shape index (κ3) is 1.86. The Balaban J connectivity index is 1.83. The summed E-state index contributed by atoms with van der Waals surface area (Å²) in [5.74, 6) is 1.42. The van der Waals surface area contributed by atoms with Crippen molar-refractivity contribution in [2.45, 2.75) is 52.7 Å². The lowest BCUT2D eigenvalue weighted by Gasteiger charge is -2.38. The molecule has 0 saturated heterocycles. The second-order valence-electron chi connectivity index (χ2n) is 7.04. The molecule has 0 aromatic carbocycles. The number of hydrogen-bond acceptors (Lipinski definition) is 3. The molecule has 4 heteroatoms. The van der Waals surface area contributed by atoms with Crippen LogP contribution in [0.1, 0.15) is 45.6 Å². The minimum atomic E-state index is 0.238. The average Bonchev–Trinajstić information content (AvgIpc) is 2.74. The van der Waals surface area contributed by atoms with E-state index >= 15 is 0 Å². The molecule has 3 nitrogen and oxygen atoms in total. The Morgan fingerprint density at radius 3 is 2.75 bits per heavy atom. The number of nitrogens with zero attached hydrogens (tertiary/aromatic N) is 1. The minimum absolute atomic E-state index is 0.238. The average molecular weight is 295 g/mol. The largest absolute Gasteiger partial charge is 0.474 e. The highest BCUT2D eigenvalue weighted by Crippen LogP contribution is 2.66. The van der Waals surface area contributed by atoms with Crippen LogP contribution in [0.2, 0.25) is 5.02 Å². The first-order chi connectivity index (χ1) is 9.38. The normalized spacial score (nSPS) is 34.5. The van der Waals surface area contributed by atoms with E-state index in [0.717, 1.165) is 17.9 Å². The summed E-state index contributed by atoms with van der Waals surface area (Å²) >= 11 is 6.05. The van der Waals surface area contributed by atoms with Crippen molar-refractivity contribution in [2.75, 3.05) is 0 Å². The van der Waals surface area contributed by atoms with Gasteiger partial charge in [0, 0.05) is 24.2 Å². The van der Waals surface area contributed by atoms with Crippen LogP contribution in [0.25, 0.3) is 0 Å². The number of fused-ring (bicyclic) bond motifs is 2. The molecule has 1 aromatic heterocycles. The molecule has 2 bridgehead atoms. The summed E-state index contributed by atoms with van der Waals surface area (Å²) in [6.45, 7) is 7.54. The zero-order chi connectivity index (χ0) is 14.5. The SMILES string of the molecule is CC1(C)C2CCC1(C)C(Oc1cc(CN)c(Cl)cn1)C2. The fourth-order valence-corrected chi connectivity index (χ4v) is 4.31. The van der Waals surface area contributed by atoms with Crippen LogP contribution in [0.15, 0.2) is 12.3 Å². The lowest BCUT2D eigenvalue weighted by Crippen LogP contribution is -2.39. The molecule has 1 aromatic rings. The van der Waals surface area contributed by atoms with E-state index in [-0.39, 0.29) is 11.5 Å². The molecule has 3 rings (SSSR count). The molecule has 2 aliphatic carbocycles. The van der Waals surface area contributed by atoms with Gasteiger partial charge in [-0.15, -0.1) is 0 Å². The molecule has 20 heavy (non-hydrogen) atoms. The molecule has 3 unspecified atom stereocenters. The van der Waals surface area contributed by atoms with E-state index in [0.29, 0.717) is 22.9 Å². The summed E-state index contributed by atoms with van der Waals surface area (Å²) in [5, 5.41) is 0.610. The van der Waals surface area contributed by atoms with E-state index in [2.05, 4.69) is 25.8 Å². The summed E-state index contributed by atoms with van der Waals surface area (Å²) in [4.78, 5) is 4.30. The van der Waals surface area contributed by atoms with Gasteiger partial charge in [0.05, 0.1) is 5.02 Å². The Morgan fingerprint density at radius 2 is 2.20 bits per heavy atom. The molecule has 110 valence electrons. The molecule has 0 spiro atoms. The molecule has 1 heterocycles. The summed E-state index contributed by atoms with van der Waals surface area (Å²) in [7, 11) is 0. The quantitative estimate of drug-likeness (QED) is 0.923. The molecule has 2 fully saturated rings. The van der Waals surface area contributed by atoms with Gasteiger partial charge in [-0.1, -0.05) is 32.4 Å². The summed E-state index contributed by atoms with van der Waals surface area (Å²) < 4.78 is 6.22. The number of aromatic nitrogens is 1. The van der Waals surface area contributed by atoms with Gasteiger partial charge in [-0.3, -0.25) is 0 Å². The Bertz CT molecular complexity index is 531. The lowest BCUT2D eigenvalue weighted by molar-refractivity contribution is 0.0273. The van der Waals surface area contributed by atoms with E-state index in [9.17, 15) is 0 Å². The number of halogens is 1. The van der Waals surface area contributed by atoms with E-state index in [1.807, 2.05) is 6.07 Å². The van der Waals surface area contributed by atoms with Gasteiger partial charge in [0.25, 0.3) is 0 Å². The summed E-state index contributed by atoms with van der Waals surface area (Å²) in [6, 6.07) is 1.88. The van der Waals surface area contributed by atoms with Crippen LogP contribution in [0.5, 0.6) is 5.88 Å². The molecule has 2 aliphatic rings. The number of rotatable bonds is 3. The Hall–Kier alpha value is -0.800. The van der Waals surface area contributed by atoms with Crippen LogP contribution in [0, 0.1) is 16.7 Å². The minimum Gasteiger partial charge on any atom is -0.474 e. The predicted molar refractivity (Wildman–Crippen MR) is 80.8 cm³/mol. The van der Waals surface area contributed by atoms with Gasteiger partial charge in [-0.05, 0) is 36.2 Å². The van der Waals surface area contributed by atoms with Crippen molar-refractivity contribution in [1.82, 2.24) is 4.98 Å². The first-order valence-corrected chi connectivity index (χ1v) is 7.77. The number of pyridine rings is 1. The maximum atomic E-state index is 6.22. The second-order valence-corrected chi connectivity index (χ2v) is 7.44. The van der Waals surface area contributed by atoms with Crippen molar-refractivity contribution < 1.29 is 4.74 Å². The maximum Gasteiger partial charge on any atom is 0.213 e. The molecule has 2 saturated carbocycles. The first kappa shape index (κ1) is 14.2. The molecule has 0 radical (unpaired) electrons. The van der Waals surface area contributed by atoms with Gasteiger partial charge in [0.15, 0.2) is 0 Å². The highest BCUT2D eigenvalue weighted by molar-refractivity contribution is 6.31. The number of nitrogens with two attached hydrogens (primary N) is 1. The standard InChI is InChI=1S/C16H23ClN2O/c1-15(2)11-4-5-16(15,3)13(7-11)20-14-6-10(8-18)12(17)9-19-14/h6,9,11,13H,4-5,7-8,18H2,1-3H3. The van der Waals surface area contributed by atoms with Gasteiger partial charge < -0.3 is 10.5 Å². The Labute approximate surface area is 125 Å². The monoisotopic (exact) mass is 294 g/mol. The topological polar surface area (TPSA) is 48.1 Å². The molecular weight excluding hydrogens is 272 g/mol. The van der Waals surface area contributed by atoms with Crippen molar-refractivity contribution in [1.29, 1.82) is 0 Å². The molecule has 2 N–H and O–H groups in total. The van der Waals surface area contributed by atoms with Crippen molar-refractivity contribution in [2.24, 2.45) is 22.5 Å². The van der Waals surface area contributed by atoms with Crippen LogP contribution >= 0.6 is 11.6 Å². The van der Waals surface area contributed by atoms with Crippen molar-refractivity contribution in [3.8, 4) is 5.88 Å². The fraction of sp³-hybridized carbons (Fsp3) is 0.688. The van der Waals surface area contributed by atoms with Crippen LogP contribution in [-0.4, -0.2) is 11.1 Å². The van der Waals surface area contributed by atoms with Crippen LogP contribution in [-0.2, 0) is 6.54 Å². The van der Waals surface area contributed by atoms with E-state index in [1.54, 1.807) is 6.20 Å². The Morgan fingerprint density at radius 1 is 1.45 bits per heavy atom. The van der Waals surface area contributed by atoms with E-state index in [4.69, 9.17) is 22.1 Å². The third-order valence-electron chi connectivity index (χ3n) is 6.11. The number of hydrogen-bond donors (Lipinski definition) is 1. The van der Waals surface area contributed by atoms with Crippen LogP contribution in [0.3, 0.4) is 0 Å². The summed E-state index contributed by atoms with van der Waals surface area (Å²) in [6.07, 6.45) is 5.58. The molecule has 0 amide bonds. The first-order valence-electron chi connectivity index (χ1n) is 7.39. The summed E-state index contributed by atoms with van der Waals surface area (Å²) in [5.41, 5.74) is 7.17. The van der Waals surface area contributed by atoms with Gasteiger partial charge in [0.2, 0.25) is 5.88 Å². The predicted octanol–water partition coefficient (Wildman–Crippen LogP) is 3.79.